The Labute approximate surface area is 201 Å². The zero-order valence-electron chi connectivity index (χ0n) is 20.7. The minimum atomic E-state index is -0.833. The lowest BCUT2D eigenvalue weighted by atomic mass is 9.93. The Bertz CT molecular complexity index is 1160. The van der Waals surface area contributed by atoms with Crippen molar-refractivity contribution in [1.29, 1.82) is 0 Å². The summed E-state index contributed by atoms with van der Waals surface area (Å²) in [7, 11) is 0. The maximum absolute atomic E-state index is 12.7. The Hall–Kier alpha value is -3.41. The first-order chi connectivity index (χ1) is 16.2. The van der Waals surface area contributed by atoms with Crippen LogP contribution in [0.4, 0.5) is 0 Å². The number of hydrogen-bond donors (Lipinski definition) is 1. The number of piperidine rings is 1. The van der Waals surface area contributed by atoms with Gasteiger partial charge in [0.2, 0.25) is 0 Å². The molecule has 3 aromatic rings. The molecule has 0 radical (unpaired) electrons. The lowest BCUT2D eigenvalue weighted by molar-refractivity contribution is -0.139. The van der Waals surface area contributed by atoms with Gasteiger partial charge in [0.25, 0.3) is 11.9 Å². The summed E-state index contributed by atoms with van der Waals surface area (Å²) < 4.78 is 6.04. The molecular formula is C28H34N2O4. The molecule has 1 amide bonds. The highest BCUT2D eigenvalue weighted by Gasteiger charge is 2.23. The number of ether oxygens (including phenoxy) is 1. The van der Waals surface area contributed by atoms with Gasteiger partial charge in [0.1, 0.15) is 5.75 Å². The molecule has 34 heavy (non-hydrogen) atoms. The highest BCUT2D eigenvalue weighted by atomic mass is 16.5. The second kappa shape index (κ2) is 11.1. The quantitative estimate of drug-likeness (QED) is 0.538. The smallest absolute Gasteiger partial charge is 0.300 e. The fourth-order valence-electron chi connectivity index (χ4n) is 4.49. The first-order valence-electron chi connectivity index (χ1n) is 11.8. The molecule has 1 saturated heterocycles. The summed E-state index contributed by atoms with van der Waals surface area (Å²) in [6.07, 6.45) is 2.87. The van der Waals surface area contributed by atoms with Crippen LogP contribution in [0, 0.1) is 20.8 Å². The monoisotopic (exact) mass is 462 g/mol. The molecule has 6 heteroatoms. The van der Waals surface area contributed by atoms with E-state index in [1.165, 1.54) is 28.7 Å². The normalized spacial score (nSPS) is 14.2. The first-order valence-corrected chi connectivity index (χ1v) is 11.8. The van der Waals surface area contributed by atoms with E-state index in [1.807, 2.05) is 30.9 Å². The number of carbonyl (C=O) groups excluding carboxylic acids is 1. The molecule has 0 saturated carbocycles. The lowest BCUT2D eigenvalue weighted by Crippen LogP contribution is -2.43. The second-order valence-electron chi connectivity index (χ2n) is 8.92. The fraction of sp³-hybridized carbons (Fsp3) is 0.393. The van der Waals surface area contributed by atoms with Crippen LogP contribution in [0.2, 0.25) is 0 Å². The molecule has 1 atom stereocenters. The molecule has 2 heterocycles. The number of hydrogen-bond acceptors (Lipinski definition) is 4. The number of amides is 1. The van der Waals surface area contributed by atoms with Gasteiger partial charge in [0, 0.05) is 37.2 Å². The third kappa shape index (κ3) is 6.13. The molecule has 1 unspecified atom stereocenters. The van der Waals surface area contributed by atoms with E-state index in [-0.39, 0.29) is 5.91 Å². The maximum atomic E-state index is 12.7. The molecule has 1 aliphatic rings. The molecule has 0 bridgehead atoms. The Morgan fingerprint density at radius 1 is 1.00 bits per heavy atom. The number of pyridine rings is 1. The Morgan fingerprint density at radius 2 is 1.62 bits per heavy atom. The van der Waals surface area contributed by atoms with E-state index in [9.17, 15) is 4.79 Å². The summed E-state index contributed by atoms with van der Waals surface area (Å²) in [5.41, 5.74) is 6.82. The van der Waals surface area contributed by atoms with E-state index >= 15 is 0 Å². The third-order valence-electron chi connectivity index (χ3n) is 5.99. The molecule has 180 valence electrons. The van der Waals surface area contributed by atoms with Crippen LogP contribution < -0.4 is 4.74 Å². The highest BCUT2D eigenvalue weighted by molar-refractivity contribution is 5.97. The molecule has 6 nitrogen and oxygen atoms in total. The predicted octanol–water partition coefficient (Wildman–Crippen LogP) is 5.70. The van der Waals surface area contributed by atoms with Crippen molar-refractivity contribution in [1.82, 2.24) is 9.88 Å². The van der Waals surface area contributed by atoms with Crippen molar-refractivity contribution in [3.8, 4) is 16.9 Å². The van der Waals surface area contributed by atoms with Crippen molar-refractivity contribution in [3.05, 3.63) is 59.3 Å². The molecule has 2 aromatic carbocycles. The van der Waals surface area contributed by atoms with Crippen LogP contribution in [0.15, 0.2) is 42.5 Å². The van der Waals surface area contributed by atoms with E-state index in [2.05, 4.69) is 44.2 Å². The summed E-state index contributed by atoms with van der Waals surface area (Å²) in [4.78, 5) is 28.4. The minimum absolute atomic E-state index is 0.0724. The van der Waals surface area contributed by atoms with E-state index < -0.39 is 12.1 Å². The topological polar surface area (TPSA) is 79.7 Å². The van der Waals surface area contributed by atoms with Gasteiger partial charge in [-0.1, -0.05) is 18.2 Å². The molecular weight excluding hydrogens is 428 g/mol. The molecule has 1 aliphatic heterocycles. The van der Waals surface area contributed by atoms with E-state index in [4.69, 9.17) is 19.6 Å². The van der Waals surface area contributed by atoms with Gasteiger partial charge >= 0.3 is 0 Å². The molecule has 4 rings (SSSR count). The van der Waals surface area contributed by atoms with Crippen molar-refractivity contribution < 1.29 is 19.4 Å². The van der Waals surface area contributed by atoms with Crippen LogP contribution in [0.5, 0.6) is 5.75 Å². The summed E-state index contributed by atoms with van der Waals surface area (Å²) in [6.45, 7) is 10.9. The average Bonchev–Trinajstić information content (AvgIpc) is 2.78. The number of benzene rings is 2. The largest absolute Gasteiger partial charge is 0.481 e. The van der Waals surface area contributed by atoms with E-state index in [0.717, 1.165) is 49.5 Å². The number of aryl methyl sites for hydroxylation is 3. The van der Waals surface area contributed by atoms with Gasteiger partial charge in [-0.2, -0.15) is 0 Å². The molecule has 0 aliphatic carbocycles. The number of carboxylic acid groups (broad SMARTS) is 1. The number of carbonyl (C=O) groups is 2. The van der Waals surface area contributed by atoms with Crippen molar-refractivity contribution in [2.45, 2.75) is 60.0 Å². The maximum Gasteiger partial charge on any atom is 0.300 e. The van der Waals surface area contributed by atoms with Crippen LogP contribution >= 0.6 is 0 Å². The fourth-order valence-corrected chi connectivity index (χ4v) is 4.49. The van der Waals surface area contributed by atoms with Crippen LogP contribution in [-0.4, -0.2) is 46.1 Å². The van der Waals surface area contributed by atoms with Gasteiger partial charge < -0.3 is 14.7 Å². The Balaban J connectivity index is 0.000000751. The number of rotatable bonds is 4. The van der Waals surface area contributed by atoms with Gasteiger partial charge in [-0.15, -0.1) is 0 Å². The lowest BCUT2D eigenvalue weighted by Gasteiger charge is -2.29. The van der Waals surface area contributed by atoms with Gasteiger partial charge in [-0.25, -0.2) is 0 Å². The van der Waals surface area contributed by atoms with Gasteiger partial charge in [0.05, 0.1) is 5.52 Å². The second-order valence-corrected chi connectivity index (χ2v) is 8.92. The Morgan fingerprint density at radius 3 is 2.24 bits per heavy atom. The summed E-state index contributed by atoms with van der Waals surface area (Å²) in [6, 6.07) is 14.5. The molecule has 0 spiro atoms. The number of nitrogens with zero attached hydrogens (tertiary/aromatic N) is 2. The number of fused-ring (bicyclic) bond motifs is 1. The van der Waals surface area contributed by atoms with Crippen molar-refractivity contribution in [3.63, 3.8) is 0 Å². The van der Waals surface area contributed by atoms with E-state index in [0.29, 0.717) is 5.75 Å². The van der Waals surface area contributed by atoms with Crippen molar-refractivity contribution in [2.75, 3.05) is 13.1 Å². The SMILES string of the molecule is CC(=O)O.Cc1cc(-c2c(C)cccc2C)c2ccc(OC(C)C(=O)N3CCCCC3)cc2n1. The third-order valence-corrected chi connectivity index (χ3v) is 5.99. The number of likely N-dealkylation sites (tertiary alicyclic amines) is 1. The van der Waals surface area contributed by atoms with Gasteiger partial charge in [0.15, 0.2) is 6.10 Å². The van der Waals surface area contributed by atoms with Crippen LogP contribution in [0.1, 0.15) is 49.9 Å². The molecule has 1 fully saturated rings. The zero-order chi connectivity index (χ0) is 24.8. The summed E-state index contributed by atoms with van der Waals surface area (Å²) in [5.74, 6) is -0.0749. The van der Waals surface area contributed by atoms with Gasteiger partial charge in [-0.05, 0) is 87.4 Å². The minimum Gasteiger partial charge on any atom is -0.481 e. The number of aliphatic carboxylic acids is 1. The van der Waals surface area contributed by atoms with Crippen LogP contribution in [0.25, 0.3) is 22.0 Å². The Kier molecular flexibility index (Phi) is 8.26. The van der Waals surface area contributed by atoms with Gasteiger partial charge in [-0.3, -0.25) is 14.6 Å². The van der Waals surface area contributed by atoms with Crippen LogP contribution in [-0.2, 0) is 9.59 Å². The highest BCUT2D eigenvalue weighted by Crippen LogP contribution is 2.34. The summed E-state index contributed by atoms with van der Waals surface area (Å²) >= 11 is 0. The molecule has 1 N–H and O–H groups in total. The van der Waals surface area contributed by atoms with Crippen molar-refractivity contribution in [2.24, 2.45) is 0 Å². The first kappa shape index (κ1) is 25.2. The average molecular weight is 463 g/mol. The summed E-state index contributed by atoms with van der Waals surface area (Å²) in [5, 5.41) is 8.51. The van der Waals surface area contributed by atoms with Crippen molar-refractivity contribution >= 4 is 22.8 Å². The molecule has 1 aromatic heterocycles. The van der Waals surface area contributed by atoms with E-state index in [1.54, 1.807) is 0 Å². The zero-order valence-corrected chi connectivity index (χ0v) is 20.7. The standard InChI is InChI=1S/C26H30N2O2.C2H4O2/c1-17-9-8-10-18(2)25(17)23-15-19(3)27-24-16-21(11-12-22(23)24)30-20(4)26(29)28-13-6-5-7-14-28;1-2(3)4/h8-12,15-16,20H,5-7,13-14H2,1-4H3;1H3,(H,3,4). The van der Waals surface area contributed by atoms with Crippen LogP contribution in [0.3, 0.4) is 0 Å². The predicted molar refractivity (Wildman–Crippen MR) is 135 cm³/mol. The number of carboxylic acids is 1. The number of aromatic nitrogens is 1.